The number of hydrogen-bond acceptors (Lipinski definition) is 3. The number of pyridine rings is 1. The van der Waals surface area contributed by atoms with Crippen molar-refractivity contribution in [3.05, 3.63) is 23.4 Å². The summed E-state index contributed by atoms with van der Waals surface area (Å²) in [6, 6.07) is 2.63. The molecule has 3 nitrogen and oxygen atoms in total. The maximum absolute atomic E-state index is 4.35. The second-order valence-electron chi connectivity index (χ2n) is 3.83. The molecular formula is C11H17N3. The van der Waals surface area contributed by atoms with Crippen molar-refractivity contribution in [1.82, 2.24) is 10.3 Å². The van der Waals surface area contributed by atoms with Gasteiger partial charge in [-0.05, 0) is 43.5 Å². The minimum absolute atomic E-state index is 0.522. The van der Waals surface area contributed by atoms with Crippen LogP contribution in [0.4, 0.5) is 5.82 Å². The van der Waals surface area contributed by atoms with Gasteiger partial charge in [0.25, 0.3) is 0 Å². The van der Waals surface area contributed by atoms with E-state index in [4.69, 9.17) is 0 Å². The van der Waals surface area contributed by atoms with E-state index in [1.807, 2.05) is 13.2 Å². The molecule has 76 valence electrons. The summed E-state index contributed by atoms with van der Waals surface area (Å²) in [6.07, 6.45) is 4.50. The zero-order valence-corrected chi connectivity index (χ0v) is 8.80. The maximum atomic E-state index is 4.35. The van der Waals surface area contributed by atoms with Crippen LogP contribution in [-0.2, 0) is 0 Å². The summed E-state index contributed by atoms with van der Waals surface area (Å²) in [7, 11) is 1.90. The minimum Gasteiger partial charge on any atom is -0.373 e. The molecule has 1 atom stereocenters. The van der Waals surface area contributed by atoms with Crippen molar-refractivity contribution in [2.75, 3.05) is 18.9 Å². The van der Waals surface area contributed by atoms with Crippen LogP contribution >= 0.6 is 0 Å². The smallest absolute Gasteiger partial charge is 0.125 e. The molecular weight excluding hydrogens is 174 g/mol. The molecule has 0 unspecified atom stereocenters. The summed E-state index contributed by atoms with van der Waals surface area (Å²) < 4.78 is 0. The van der Waals surface area contributed by atoms with Gasteiger partial charge in [0.2, 0.25) is 0 Å². The quantitative estimate of drug-likeness (QED) is 0.749. The third kappa shape index (κ3) is 1.73. The van der Waals surface area contributed by atoms with Crippen LogP contribution in [0.5, 0.6) is 0 Å². The van der Waals surface area contributed by atoms with Gasteiger partial charge in [-0.3, -0.25) is 0 Å². The topological polar surface area (TPSA) is 37.0 Å². The van der Waals surface area contributed by atoms with E-state index in [9.17, 15) is 0 Å². The van der Waals surface area contributed by atoms with Crippen molar-refractivity contribution in [2.24, 2.45) is 0 Å². The zero-order valence-electron chi connectivity index (χ0n) is 8.80. The average molecular weight is 191 g/mol. The first-order valence-electron chi connectivity index (χ1n) is 5.19. The molecule has 14 heavy (non-hydrogen) atoms. The van der Waals surface area contributed by atoms with Crippen LogP contribution < -0.4 is 10.6 Å². The molecule has 2 rings (SSSR count). The number of nitrogens with zero attached hydrogens (tertiary/aromatic N) is 1. The van der Waals surface area contributed by atoms with Crippen molar-refractivity contribution in [2.45, 2.75) is 25.8 Å². The standard InChI is InChI=1S/C11H17N3/c1-8-6-11(12-2)14-7-9(8)10-4-3-5-13-10/h6-7,10,13H,3-5H2,1-2H3,(H,12,14)/t10-/m0/s1. The second kappa shape index (κ2) is 3.96. The number of nitrogens with one attached hydrogen (secondary N) is 2. The Balaban J connectivity index is 2.25. The molecule has 1 aromatic rings. The second-order valence-corrected chi connectivity index (χ2v) is 3.83. The first kappa shape index (κ1) is 9.46. The van der Waals surface area contributed by atoms with Gasteiger partial charge in [-0.1, -0.05) is 0 Å². The average Bonchev–Trinajstić information content (AvgIpc) is 2.70. The highest BCUT2D eigenvalue weighted by atomic mass is 15.0. The van der Waals surface area contributed by atoms with Gasteiger partial charge in [0.05, 0.1) is 0 Å². The summed E-state index contributed by atoms with van der Waals surface area (Å²) in [6.45, 7) is 3.29. The Kier molecular flexibility index (Phi) is 2.68. The van der Waals surface area contributed by atoms with E-state index in [1.54, 1.807) is 0 Å². The lowest BCUT2D eigenvalue weighted by Crippen LogP contribution is -2.14. The van der Waals surface area contributed by atoms with Gasteiger partial charge < -0.3 is 10.6 Å². The van der Waals surface area contributed by atoms with E-state index in [2.05, 4.69) is 28.6 Å². The van der Waals surface area contributed by atoms with Crippen molar-refractivity contribution in [3.63, 3.8) is 0 Å². The number of aryl methyl sites for hydroxylation is 1. The molecule has 0 amide bonds. The number of hydrogen-bond donors (Lipinski definition) is 2. The van der Waals surface area contributed by atoms with E-state index in [0.717, 1.165) is 12.4 Å². The molecule has 2 heterocycles. The molecule has 1 aliphatic rings. The van der Waals surface area contributed by atoms with Gasteiger partial charge in [-0.25, -0.2) is 4.98 Å². The predicted octanol–water partition coefficient (Wildman–Crippen LogP) is 1.86. The third-order valence-corrected chi connectivity index (χ3v) is 2.84. The largest absolute Gasteiger partial charge is 0.373 e. The Morgan fingerprint density at radius 2 is 2.43 bits per heavy atom. The van der Waals surface area contributed by atoms with Gasteiger partial charge in [-0.15, -0.1) is 0 Å². The van der Waals surface area contributed by atoms with Crippen LogP contribution in [0.25, 0.3) is 0 Å². The molecule has 0 aliphatic carbocycles. The normalized spacial score (nSPS) is 21.1. The Labute approximate surface area is 84.9 Å². The van der Waals surface area contributed by atoms with Gasteiger partial charge in [-0.2, -0.15) is 0 Å². The fourth-order valence-corrected chi connectivity index (χ4v) is 2.02. The van der Waals surface area contributed by atoms with Crippen LogP contribution in [0.15, 0.2) is 12.3 Å². The molecule has 3 heteroatoms. The number of aromatic nitrogens is 1. The van der Waals surface area contributed by atoms with E-state index in [-0.39, 0.29) is 0 Å². The lowest BCUT2D eigenvalue weighted by molar-refractivity contribution is 0.641. The summed E-state index contributed by atoms with van der Waals surface area (Å²) in [5, 5.41) is 6.54. The van der Waals surface area contributed by atoms with Gasteiger partial charge >= 0.3 is 0 Å². The molecule has 0 radical (unpaired) electrons. The first-order chi connectivity index (χ1) is 6.81. The van der Waals surface area contributed by atoms with E-state index in [0.29, 0.717) is 6.04 Å². The Bertz CT molecular complexity index is 316. The molecule has 1 saturated heterocycles. The van der Waals surface area contributed by atoms with Crippen LogP contribution in [0.3, 0.4) is 0 Å². The summed E-state index contributed by atoms with van der Waals surface area (Å²) in [4.78, 5) is 4.35. The molecule has 1 aromatic heterocycles. The highest BCUT2D eigenvalue weighted by Crippen LogP contribution is 2.25. The molecule has 0 aromatic carbocycles. The molecule has 1 aliphatic heterocycles. The monoisotopic (exact) mass is 191 g/mol. The van der Waals surface area contributed by atoms with Crippen molar-refractivity contribution >= 4 is 5.82 Å². The maximum Gasteiger partial charge on any atom is 0.125 e. The van der Waals surface area contributed by atoms with E-state index < -0.39 is 0 Å². The van der Waals surface area contributed by atoms with E-state index in [1.165, 1.54) is 24.0 Å². The molecule has 0 saturated carbocycles. The van der Waals surface area contributed by atoms with Gasteiger partial charge in [0.1, 0.15) is 5.82 Å². The van der Waals surface area contributed by atoms with Crippen LogP contribution in [0.1, 0.15) is 30.0 Å². The summed E-state index contributed by atoms with van der Waals surface area (Å²) >= 11 is 0. The van der Waals surface area contributed by atoms with Gasteiger partial charge in [0, 0.05) is 19.3 Å². The van der Waals surface area contributed by atoms with Crippen molar-refractivity contribution in [3.8, 4) is 0 Å². The highest BCUT2D eigenvalue weighted by Gasteiger charge is 2.18. The lowest BCUT2D eigenvalue weighted by atomic mass is 10.0. The number of anilines is 1. The Morgan fingerprint density at radius 3 is 3.00 bits per heavy atom. The SMILES string of the molecule is CNc1cc(C)c([C@@H]2CCCN2)cn1. The molecule has 0 spiro atoms. The third-order valence-electron chi connectivity index (χ3n) is 2.84. The number of rotatable bonds is 2. The fraction of sp³-hybridized carbons (Fsp3) is 0.545. The van der Waals surface area contributed by atoms with Crippen LogP contribution in [0, 0.1) is 6.92 Å². The van der Waals surface area contributed by atoms with Crippen LogP contribution in [-0.4, -0.2) is 18.6 Å². The predicted molar refractivity (Wildman–Crippen MR) is 58.5 cm³/mol. The Morgan fingerprint density at radius 1 is 1.57 bits per heavy atom. The summed E-state index contributed by atoms with van der Waals surface area (Å²) in [5.74, 6) is 0.948. The molecule has 0 bridgehead atoms. The molecule has 2 N–H and O–H groups in total. The highest BCUT2D eigenvalue weighted by molar-refractivity contribution is 5.41. The van der Waals surface area contributed by atoms with Gasteiger partial charge in [0.15, 0.2) is 0 Å². The first-order valence-corrected chi connectivity index (χ1v) is 5.19. The van der Waals surface area contributed by atoms with Crippen LogP contribution in [0.2, 0.25) is 0 Å². The zero-order chi connectivity index (χ0) is 9.97. The van der Waals surface area contributed by atoms with E-state index >= 15 is 0 Å². The summed E-state index contributed by atoms with van der Waals surface area (Å²) in [5.41, 5.74) is 2.67. The van der Waals surface area contributed by atoms with Crippen molar-refractivity contribution in [1.29, 1.82) is 0 Å². The fourth-order valence-electron chi connectivity index (χ4n) is 2.02. The molecule has 1 fully saturated rings. The lowest BCUT2D eigenvalue weighted by Gasteiger charge is -2.13. The van der Waals surface area contributed by atoms with Crippen molar-refractivity contribution < 1.29 is 0 Å². The minimum atomic E-state index is 0.522. The Hall–Kier alpha value is -1.09.